The molecule has 0 amide bonds. The molecule has 0 heterocycles. The normalized spacial score (nSPS) is 9.20. The summed E-state index contributed by atoms with van der Waals surface area (Å²) < 4.78 is 0. The zero-order chi connectivity index (χ0) is 11.3. The molecule has 1 rings (SSSR count). The van der Waals surface area contributed by atoms with Gasteiger partial charge in [0.15, 0.2) is 0 Å². The summed E-state index contributed by atoms with van der Waals surface area (Å²) >= 11 is 5.89. The maximum absolute atomic E-state index is 8.92. The van der Waals surface area contributed by atoms with Crippen molar-refractivity contribution >= 4 is 17.3 Å². The van der Waals surface area contributed by atoms with E-state index >= 15 is 0 Å². The van der Waals surface area contributed by atoms with Crippen molar-refractivity contribution in [1.29, 1.82) is 5.26 Å². The summed E-state index contributed by atoms with van der Waals surface area (Å²) in [5.74, 6) is 0. The summed E-state index contributed by atoms with van der Waals surface area (Å²) in [6.45, 7) is 4.77. The first-order valence-electron chi connectivity index (χ1n) is 4.71. The number of rotatable bonds is 3. The van der Waals surface area contributed by atoms with E-state index in [1.807, 2.05) is 26.0 Å². The molecular weight excluding hydrogens is 208 g/mol. The van der Waals surface area contributed by atoms with Crippen LogP contribution in [0.4, 0.5) is 5.69 Å². The highest BCUT2D eigenvalue weighted by Crippen LogP contribution is 2.22. The lowest BCUT2D eigenvalue weighted by molar-refractivity contribution is 1.26. The van der Waals surface area contributed by atoms with Crippen LogP contribution in [0.2, 0.25) is 5.02 Å². The number of hydrogen-bond acceptors (Lipinski definition) is 2. The molecule has 3 heteroatoms. The van der Waals surface area contributed by atoms with Crippen LogP contribution in [0.15, 0.2) is 29.8 Å². The maximum atomic E-state index is 8.92. The summed E-state index contributed by atoms with van der Waals surface area (Å²) in [6.07, 6.45) is 2.06. The van der Waals surface area contributed by atoms with Gasteiger partial charge in [0.2, 0.25) is 0 Å². The zero-order valence-electron chi connectivity index (χ0n) is 8.84. The Balaban J connectivity index is 2.82. The van der Waals surface area contributed by atoms with Crippen LogP contribution in [0, 0.1) is 11.3 Å². The Morgan fingerprint density at radius 1 is 1.53 bits per heavy atom. The Labute approximate surface area is 95.2 Å². The second-order valence-corrected chi connectivity index (χ2v) is 3.84. The van der Waals surface area contributed by atoms with Gasteiger partial charge in [-0.2, -0.15) is 5.26 Å². The zero-order valence-corrected chi connectivity index (χ0v) is 9.60. The van der Waals surface area contributed by atoms with Gasteiger partial charge in [0.05, 0.1) is 16.3 Å². The van der Waals surface area contributed by atoms with Crippen LogP contribution in [0.1, 0.15) is 19.4 Å². The minimum absolute atomic E-state index is 0.486. The smallest absolute Gasteiger partial charge is 0.103 e. The number of benzene rings is 1. The number of hydrogen-bond donors (Lipinski definition) is 1. The molecule has 0 saturated carbocycles. The molecule has 78 valence electrons. The van der Waals surface area contributed by atoms with E-state index in [2.05, 4.69) is 17.5 Å². The topological polar surface area (TPSA) is 35.8 Å². The highest BCUT2D eigenvalue weighted by atomic mass is 35.5. The third-order valence-corrected chi connectivity index (χ3v) is 2.24. The van der Waals surface area contributed by atoms with Crippen molar-refractivity contribution < 1.29 is 0 Å². The molecular formula is C12H13ClN2. The largest absolute Gasteiger partial charge is 0.380 e. The first-order valence-corrected chi connectivity index (χ1v) is 5.09. The van der Waals surface area contributed by atoms with Crippen molar-refractivity contribution in [2.45, 2.75) is 13.8 Å². The van der Waals surface area contributed by atoms with E-state index in [4.69, 9.17) is 16.9 Å². The molecule has 0 aliphatic carbocycles. The van der Waals surface area contributed by atoms with Crippen molar-refractivity contribution in [3.05, 3.63) is 40.4 Å². The van der Waals surface area contributed by atoms with Gasteiger partial charge in [-0.15, -0.1) is 0 Å². The van der Waals surface area contributed by atoms with Crippen LogP contribution in [-0.4, -0.2) is 6.54 Å². The van der Waals surface area contributed by atoms with Gasteiger partial charge in [-0.25, -0.2) is 0 Å². The summed E-state index contributed by atoms with van der Waals surface area (Å²) in [5, 5.41) is 12.6. The number of nitriles is 1. The molecule has 1 aromatic carbocycles. The van der Waals surface area contributed by atoms with Crippen molar-refractivity contribution in [2.75, 3.05) is 11.9 Å². The van der Waals surface area contributed by atoms with E-state index in [0.29, 0.717) is 17.1 Å². The quantitative estimate of drug-likeness (QED) is 0.791. The Morgan fingerprint density at radius 3 is 2.87 bits per heavy atom. The average molecular weight is 221 g/mol. The van der Waals surface area contributed by atoms with Crippen LogP contribution >= 0.6 is 11.6 Å². The Morgan fingerprint density at radius 2 is 2.27 bits per heavy atom. The lowest BCUT2D eigenvalue weighted by atomic mass is 10.2. The van der Waals surface area contributed by atoms with E-state index in [-0.39, 0.29) is 0 Å². The first-order chi connectivity index (χ1) is 7.15. The molecule has 1 aromatic rings. The minimum Gasteiger partial charge on any atom is -0.380 e. The molecule has 0 saturated heterocycles. The summed E-state index contributed by atoms with van der Waals surface area (Å²) in [5.41, 5.74) is 2.52. The number of nitrogens with zero attached hydrogens (tertiary/aromatic N) is 1. The summed E-state index contributed by atoms with van der Waals surface area (Å²) in [4.78, 5) is 0. The first kappa shape index (κ1) is 11.6. The summed E-state index contributed by atoms with van der Waals surface area (Å²) in [7, 11) is 0. The lowest BCUT2D eigenvalue weighted by Crippen LogP contribution is -2.01. The van der Waals surface area contributed by atoms with Crippen molar-refractivity contribution in [1.82, 2.24) is 0 Å². The van der Waals surface area contributed by atoms with E-state index in [1.54, 1.807) is 6.07 Å². The number of nitrogens with one attached hydrogen (secondary N) is 1. The number of anilines is 1. The monoisotopic (exact) mass is 220 g/mol. The highest BCUT2D eigenvalue weighted by molar-refractivity contribution is 6.32. The van der Waals surface area contributed by atoms with Crippen molar-refractivity contribution in [3.8, 4) is 6.07 Å². The fraction of sp³-hybridized carbons (Fsp3) is 0.250. The van der Waals surface area contributed by atoms with E-state index in [0.717, 1.165) is 5.69 Å². The van der Waals surface area contributed by atoms with Gasteiger partial charge in [0.25, 0.3) is 0 Å². The van der Waals surface area contributed by atoms with Crippen LogP contribution in [0.3, 0.4) is 0 Å². The SMILES string of the molecule is CC(C)=CCNc1cccc(Cl)c1C#N. The second kappa shape index (κ2) is 5.43. The fourth-order valence-electron chi connectivity index (χ4n) is 1.15. The standard InChI is InChI=1S/C12H13ClN2/c1-9(2)6-7-15-12-5-3-4-11(13)10(12)8-14/h3-6,15H,7H2,1-2H3. The van der Waals surface area contributed by atoms with Crippen LogP contribution in [-0.2, 0) is 0 Å². The van der Waals surface area contributed by atoms with Gasteiger partial charge in [0.1, 0.15) is 6.07 Å². The number of halogens is 1. The van der Waals surface area contributed by atoms with Gasteiger partial charge in [0, 0.05) is 6.54 Å². The third-order valence-electron chi connectivity index (χ3n) is 1.93. The molecule has 0 aliphatic rings. The molecule has 0 atom stereocenters. The Bertz CT molecular complexity index is 412. The van der Waals surface area contributed by atoms with Gasteiger partial charge in [-0.1, -0.05) is 29.3 Å². The molecule has 0 unspecified atom stereocenters. The fourth-order valence-corrected chi connectivity index (χ4v) is 1.37. The van der Waals surface area contributed by atoms with E-state index in [9.17, 15) is 0 Å². The maximum Gasteiger partial charge on any atom is 0.103 e. The van der Waals surface area contributed by atoms with Crippen LogP contribution in [0.25, 0.3) is 0 Å². The molecule has 0 bridgehead atoms. The molecule has 0 aliphatic heterocycles. The lowest BCUT2D eigenvalue weighted by Gasteiger charge is -2.06. The molecule has 0 fully saturated rings. The Hall–Kier alpha value is -1.46. The molecule has 15 heavy (non-hydrogen) atoms. The van der Waals surface area contributed by atoms with Crippen LogP contribution < -0.4 is 5.32 Å². The van der Waals surface area contributed by atoms with E-state index in [1.165, 1.54) is 5.57 Å². The van der Waals surface area contributed by atoms with Gasteiger partial charge in [-0.05, 0) is 26.0 Å². The predicted molar refractivity (Wildman–Crippen MR) is 64.1 cm³/mol. The van der Waals surface area contributed by atoms with Crippen molar-refractivity contribution in [2.24, 2.45) is 0 Å². The van der Waals surface area contributed by atoms with E-state index < -0.39 is 0 Å². The Kier molecular flexibility index (Phi) is 4.20. The second-order valence-electron chi connectivity index (χ2n) is 3.44. The molecule has 0 radical (unpaired) electrons. The average Bonchev–Trinajstić information content (AvgIpc) is 2.17. The van der Waals surface area contributed by atoms with Gasteiger partial charge >= 0.3 is 0 Å². The predicted octanol–water partition coefficient (Wildman–Crippen LogP) is 3.59. The molecule has 0 spiro atoms. The third kappa shape index (κ3) is 3.30. The van der Waals surface area contributed by atoms with Gasteiger partial charge < -0.3 is 5.32 Å². The van der Waals surface area contributed by atoms with Crippen LogP contribution in [0.5, 0.6) is 0 Å². The molecule has 1 N–H and O–H groups in total. The minimum atomic E-state index is 0.486. The summed E-state index contributed by atoms with van der Waals surface area (Å²) in [6, 6.07) is 7.48. The molecule has 2 nitrogen and oxygen atoms in total. The molecule has 0 aromatic heterocycles. The van der Waals surface area contributed by atoms with Gasteiger partial charge in [-0.3, -0.25) is 0 Å². The number of allylic oxidation sites excluding steroid dienone is 1. The van der Waals surface area contributed by atoms with Crippen molar-refractivity contribution in [3.63, 3.8) is 0 Å². The highest BCUT2D eigenvalue weighted by Gasteiger charge is 2.04.